The van der Waals surface area contributed by atoms with Crippen LogP contribution < -0.4 is 0 Å². The van der Waals surface area contributed by atoms with Gasteiger partial charge in [-0.05, 0) is 51.6 Å². The normalized spacial score (nSPS) is 11.9. The van der Waals surface area contributed by atoms with E-state index in [-0.39, 0.29) is 0 Å². The summed E-state index contributed by atoms with van der Waals surface area (Å²) in [5, 5.41) is 11.9. The van der Waals surface area contributed by atoms with Crippen molar-refractivity contribution in [2.24, 2.45) is 0 Å². The second-order valence-electron chi connectivity index (χ2n) is 15.9. The maximum absolute atomic E-state index is 5.43. The number of rotatable bonds is 5. The first-order valence-electron chi connectivity index (χ1n) is 21.0. The van der Waals surface area contributed by atoms with Crippen LogP contribution in [0.5, 0.6) is 0 Å². The number of aromatic nitrogens is 5. The molecule has 0 radical (unpaired) electrons. The van der Waals surface area contributed by atoms with E-state index >= 15 is 0 Å². The van der Waals surface area contributed by atoms with E-state index in [1.165, 1.54) is 59.5 Å². The van der Waals surface area contributed by atoms with E-state index in [1.54, 1.807) is 0 Å². The molecule has 0 bridgehead atoms. The van der Waals surface area contributed by atoms with Gasteiger partial charge in [0.25, 0.3) is 0 Å². The fourth-order valence-electron chi connectivity index (χ4n) is 9.90. The highest BCUT2D eigenvalue weighted by molar-refractivity contribution is 6.44. The van der Waals surface area contributed by atoms with Crippen molar-refractivity contribution in [3.05, 3.63) is 212 Å². The number of benzene rings is 10. The van der Waals surface area contributed by atoms with Gasteiger partial charge in [-0.2, -0.15) is 9.97 Å². The molecule has 3 aromatic heterocycles. The van der Waals surface area contributed by atoms with Crippen LogP contribution in [-0.4, -0.2) is 24.1 Å². The average Bonchev–Trinajstić information content (AvgIpc) is 3.89. The van der Waals surface area contributed by atoms with Crippen LogP contribution in [-0.2, 0) is 0 Å². The molecule has 0 amide bonds. The summed E-state index contributed by atoms with van der Waals surface area (Å²) in [4.78, 5) is 16.0. The van der Waals surface area contributed by atoms with Crippen molar-refractivity contribution in [3.63, 3.8) is 0 Å². The Hall–Kier alpha value is -8.41. The third kappa shape index (κ3) is 5.06. The Kier molecular flexibility index (Phi) is 7.54. The topological polar surface area (TPSA) is 48.5 Å². The molecule has 5 nitrogen and oxygen atoms in total. The summed E-state index contributed by atoms with van der Waals surface area (Å²) in [6.45, 7) is 0. The van der Waals surface area contributed by atoms with Crippen molar-refractivity contribution in [2.75, 3.05) is 0 Å². The van der Waals surface area contributed by atoms with Gasteiger partial charge in [0.1, 0.15) is 0 Å². The van der Waals surface area contributed by atoms with Crippen LogP contribution in [0.2, 0.25) is 0 Å². The maximum Gasteiger partial charge on any atom is 0.238 e. The van der Waals surface area contributed by atoms with Gasteiger partial charge in [-0.1, -0.05) is 188 Å². The minimum absolute atomic E-state index is 0.569. The van der Waals surface area contributed by atoms with E-state index in [4.69, 9.17) is 15.0 Å². The monoisotopic (exact) mass is 789 g/mol. The first-order chi connectivity index (χ1) is 30.8. The quantitative estimate of drug-likeness (QED) is 0.163. The Bertz CT molecular complexity index is 3890. The molecule has 0 aliphatic rings. The first-order valence-corrected chi connectivity index (χ1v) is 21.0. The first kappa shape index (κ1) is 34.5. The number of para-hydroxylation sites is 3. The summed E-state index contributed by atoms with van der Waals surface area (Å²) in [6, 6.07) is 75.4. The Balaban J connectivity index is 1.22. The molecule has 62 heavy (non-hydrogen) atoms. The van der Waals surface area contributed by atoms with Crippen LogP contribution in [0.25, 0.3) is 121 Å². The van der Waals surface area contributed by atoms with Gasteiger partial charge in [0.2, 0.25) is 5.95 Å². The van der Waals surface area contributed by atoms with Gasteiger partial charge in [0.15, 0.2) is 11.6 Å². The largest absolute Gasteiger partial charge is 0.309 e. The molecule has 0 fully saturated rings. The number of hydrogen-bond donors (Lipinski definition) is 0. The van der Waals surface area contributed by atoms with Crippen molar-refractivity contribution in [1.82, 2.24) is 24.1 Å². The minimum atomic E-state index is 0.569. The smallest absolute Gasteiger partial charge is 0.238 e. The lowest BCUT2D eigenvalue weighted by Gasteiger charge is -2.17. The summed E-state index contributed by atoms with van der Waals surface area (Å²) < 4.78 is 4.76. The zero-order chi connectivity index (χ0) is 40.7. The van der Waals surface area contributed by atoms with E-state index in [2.05, 4.69) is 197 Å². The summed E-state index contributed by atoms with van der Waals surface area (Å²) >= 11 is 0. The van der Waals surface area contributed by atoms with Crippen LogP contribution in [0, 0.1) is 0 Å². The lowest BCUT2D eigenvalue weighted by atomic mass is 9.90. The molecule has 13 rings (SSSR count). The predicted octanol–water partition coefficient (Wildman–Crippen LogP) is 14.5. The Labute approximate surface area is 356 Å². The molecule has 13 aromatic rings. The number of nitrogens with zero attached hydrogens (tertiary/aromatic N) is 5. The summed E-state index contributed by atoms with van der Waals surface area (Å²) in [5.41, 5.74) is 9.75. The van der Waals surface area contributed by atoms with Crippen molar-refractivity contribution in [3.8, 4) is 45.5 Å². The highest BCUT2D eigenvalue weighted by Gasteiger charge is 2.27. The van der Waals surface area contributed by atoms with Crippen LogP contribution in [0.15, 0.2) is 212 Å². The average molecular weight is 790 g/mol. The van der Waals surface area contributed by atoms with Gasteiger partial charge in [-0.3, -0.25) is 4.57 Å². The van der Waals surface area contributed by atoms with Crippen LogP contribution in [0.1, 0.15) is 0 Å². The van der Waals surface area contributed by atoms with Crippen LogP contribution in [0.3, 0.4) is 0 Å². The van der Waals surface area contributed by atoms with Gasteiger partial charge in [0, 0.05) is 54.5 Å². The lowest BCUT2D eigenvalue weighted by molar-refractivity contribution is 0.955. The minimum Gasteiger partial charge on any atom is -0.309 e. The van der Waals surface area contributed by atoms with E-state index in [9.17, 15) is 0 Å². The molecule has 0 spiro atoms. The second kappa shape index (κ2) is 13.6. The zero-order valence-corrected chi connectivity index (χ0v) is 33.4. The molecule has 10 aromatic carbocycles. The van der Waals surface area contributed by atoms with Gasteiger partial charge >= 0.3 is 0 Å². The summed E-state index contributed by atoms with van der Waals surface area (Å²) in [5.74, 6) is 1.80. The summed E-state index contributed by atoms with van der Waals surface area (Å²) in [7, 11) is 0. The SMILES string of the molecule is c1ccc(-c2ccc(-c3nc(-c4ccccc4)nc(-n4c5ccccc5c5c6ccccc6c6c7c8ccccc8n(-c8ccccc8)c7c7ccccc7c6c54)n3)cc2)cc1. The molecule has 0 saturated carbocycles. The van der Waals surface area contributed by atoms with Crippen molar-refractivity contribution < 1.29 is 0 Å². The molecule has 288 valence electrons. The standard InChI is InChI=1S/C57H35N5/c1-4-18-36(19-5-1)37-32-34-39(35-33-37)56-58-55(38-20-6-2-7-21-38)59-57(60-56)62-48-31-17-14-28-45(48)49-41-24-10-11-25-42(41)50-51(54(49)62)43-26-12-13-27-44(43)53-52(50)46-29-15-16-30-47(46)61(53)40-22-8-3-9-23-40/h1-35H. The third-order valence-corrected chi connectivity index (χ3v) is 12.5. The number of fused-ring (bicyclic) bond motifs is 15. The Morgan fingerprint density at radius 3 is 1.29 bits per heavy atom. The molecule has 3 heterocycles. The molecule has 0 unspecified atom stereocenters. The van der Waals surface area contributed by atoms with E-state index in [1.807, 2.05) is 24.3 Å². The molecule has 0 aliphatic carbocycles. The predicted molar refractivity (Wildman–Crippen MR) is 257 cm³/mol. The molecule has 0 saturated heterocycles. The number of hydrogen-bond acceptors (Lipinski definition) is 3. The maximum atomic E-state index is 5.43. The van der Waals surface area contributed by atoms with E-state index in [0.29, 0.717) is 17.6 Å². The molecular weight excluding hydrogens is 755 g/mol. The fraction of sp³-hybridized carbons (Fsp3) is 0. The van der Waals surface area contributed by atoms with E-state index < -0.39 is 0 Å². The Morgan fingerprint density at radius 2 is 0.661 bits per heavy atom. The molecule has 0 N–H and O–H groups in total. The van der Waals surface area contributed by atoms with Crippen LogP contribution in [0.4, 0.5) is 0 Å². The zero-order valence-electron chi connectivity index (χ0n) is 33.4. The highest BCUT2D eigenvalue weighted by Crippen LogP contribution is 2.50. The molecule has 5 heteroatoms. The highest BCUT2D eigenvalue weighted by atomic mass is 15.2. The van der Waals surface area contributed by atoms with E-state index in [0.717, 1.165) is 44.4 Å². The Morgan fingerprint density at radius 1 is 0.258 bits per heavy atom. The van der Waals surface area contributed by atoms with Crippen molar-refractivity contribution in [1.29, 1.82) is 0 Å². The van der Waals surface area contributed by atoms with Gasteiger partial charge in [0.05, 0.1) is 22.1 Å². The molecule has 0 atom stereocenters. The van der Waals surface area contributed by atoms with Gasteiger partial charge < -0.3 is 4.57 Å². The van der Waals surface area contributed by atoms with Crippen LogP contribution >= 0.6 is 0 Å². The van der Waals surface area contributed by atoms with Crippen molar-refractivity contribution >= 4 is 75.9 Å². The van der Waals surface area contributed by atoms with Gasteiger partial charge in [-0.25, -0.2) is 4.98 Å². The second-order valence-corrected chi connectivity index (χ2v) is 15.9. The fourth-order valence-corrected chi connectivity index (χ4v) is 9.90. The lowest BCUT2D eigenvalue weighted by Crippen LogP contribution is -2.07. The summed E-state index contributed by atoms with van der Waals surface area (Å²) in [6.07, 6.45) is 0. The van der Waals surface area contributed by atoms with Crippen molar-refractivity contribution in [2.45, 2.75) is 0 Å². The third-order valence-electron chi connectivity index (χ3n) is 12.5. The molecular formula is C57H35N5. The molecule has 0 aliphatic heterocycles. The van der Waals surface area contributed by atoms with Gasteiger partial charge in [-0.15, -0.1) is 0 Å².